The summed E-state index contributed by atoms with van der Waals surface area (Å²) in [5.41, 5.74) is 4.48. The molecule has 1 aromatic carbocycles. The summed E-state index contributed by atoms with van der Waals surface area (Å²) < 4.78 is 14.7. The third-order valence-electron chi connectivity index (χ3n) is 5.17. The highest BCUT2D eigenvalue weighted by atomic mass is 19.1. The van der Waals surface area contributed by atoms with Crippen LogP contribution in [0.5, 0.6) is 0 Å². The third-order valence-corrected chi connectivity index (χ3v) is 5.17. The Bertz CT molecular complexity index is 962. The van der Waals surface area contributed by atoms with Gasteiger partial charge < -0.3 is 9.88 Å². The molecule has 1 N–H and O–H groups in total. The van der Waals surface area contributed by atoms with Crippen LogP contribution in [0.4, 0.5) is 4.39 Å². The van der Waals surface area contributed by atoms with Crippen LogP contribution in [0, 0.1) is 5.92 Å². The fourth-order valence-electron chi connectivity index (χ4n) is 3.54. The first-order valence-electron chi connectivity index (χ1n) is 10.2. The molecule has 0 aliphatic carbocycles. The topological polar surface area (TPSA) is 31.9 Å². The summed E-state index contributed by atoms with van der Waals surface area (Å²) in [6, 6.07) is 5.67. The summed E-state index contributed by atoms with van der Waals surface area (Å²) in [6.07, 6.45) is 14.1. The third kappa shape index (κ3) is 4.94. The van der Waals surface area contributed by atoms with Gasteiger partial charge in [0.1, 0.15) is 12.0 Å². The van der Waals surface area contributed by atoms with Crippen molar-refractivity contribution in [1.82, 2.24) is 14.9 Å². The molecule has 0 amide bonds. The number of hydrogen-bond donors (Lipinski definition) is 1. The monoisotopic (exact) mass is 391 g/mol. The van der Waals surface area contributed by atoms with Crippen molar-refractivity contribution >= 4 is 11.0 Å². The zero-order chi connectivity index (χ0) is 20.8. The quantitative estimate of drug-likeness (QED) is 0.372. The molecule has 2 aromatic rings. The van der Waals surface area contributed by atoms with Crippen molar-refractivity contribution in [3.05, 3.63) is 90.6 Å². The van der Waals surface area contributed by atoms with E-state index in [1.807, 2.05) is 50.4 Å². The second-order valence-electron chi connectivity index (χ2n) is 7.74. The van der Waals surface area contributed by atoms with E-state index in [1.165, 1.54) is 5.57 Å². The number of alkyl halides is 1. The maximum atomic E-state index is 14.7. The minimum Gasteiger partial charge on any atom is -0.341 e. The van der Waals surface area contributed by atoms with Crippen LogP contribution in [0.15, 0.2) is 79.2 Å². The van der Waals surface area contributed by atoms with Crippen LogP contribution in [0.3, 0.4) is 0 Å². The van der Waals surface area contributed by atoms with Crippen LogP contribution in [0.1, 0.15) is 50.7 Å². The summed E-state index contributed by atoms with van der Waals surface area (Å²) in [7, 11) is 0. The van der Waals surface area contributed by atoms with Crippen molar-refractivity contribution in [2.45, 2.75) is 45.8 Å². The zero-order valence-electron chi connectivity index (χ0n) is 17.4. The number of unbranched alkanes of at least 4 members (excludes halogenated alkanes) is 1. The maximum absolute atomic E-state index is 14.7. The Balaban J connectivity index is 1.71. The summed E-state index contributed by atoms with van der Waals surface area (Å²) in [5, 5.41) is 0. The Morgan fingerprint density at radius 1 is 1.31 bits per heavy atom. The molecule has 3 nitrogen and oxygen atoms in total. The lowest BCUT2D eigenvalue weighted by molar-refractivity contribution is 0.263. The molecule has 1 aliphatic heterocycles. The van der Waals surface area contributed by atoms with Crippen molar-refractivity contribution < 1.29 is 4.39 Å². The van der Waals surface area contributed by atoms with Gasteiger partial charge in [-0.2, -0.15) is 0 Å². The molecule has 1 atom stereocenters. The number of imidazole rings is 1. The van der Waals surface area contributed by atoms with Crippen LogP contribution in [0.25, 0.3) is 11.0 Å². The second kappa shape index (κ2) is 9.55. The molecular weight excluding hydrogens is 361 g/mol. The van der Waals surface area contributed by atoms with Crippen molar-refractivity contribution in [2.24, 2.45) is 5.92 Å². The van der Waals surface area contributed by atoms with Gasteiger partial charge in [0.25, 0.3) is 0 Å². The Morgan fingerprint density at radius 3 is 2.90 bits per heavy atom. The molecule has 1 aromatic heterocycles. The Hall–Kier alpha value is -2.88. The van der Waals surface area contributed by atoms with Gasteiger partial charge in [0, 0.05) is 17.5 Å². The molecular formula is C25H30FN3. The largest absolute Gasteiger partial charge is 0.341 e. The first-order valence-corrected chi connectivity index (χ1v) is 10.2. The van der Waals surface area contributed by atoms with Crippen molar-refractivity contribution in [3.63, 3.8) is 0 Å². The van der Waals surface area contributed by atoms with Gasteiger partial charge in [0.05, 0.1) is 17.6 Å². The molecule has 1 unspecified atom stereocenters. The van der Waals surface area contributed by atoms with Crippen molar-refractivity contribution in [1.29, 1.82) is 0 Å². The molecule has 152 valence electrons. The summed E-state index contributed by atoms with van der Waals surface area (Å²) >= 11 is 0. The van der Waals surface area contributed by atoms with Gasteiger partial charge in [-0.15, -0.1) is 0 Å². The number of nitrogens with zero attached hydrogens (tertiary/aromatic N) is 2. The molecule has 1 aliphatic rings. The minimum absolute atomic E-state index is 0.0837. The molecule has 0 fully saturated rings. The summed E-state index contributed by atoms with van der Waals surface area (Å²) in [4.78, 5) is 10.2. The summed E-state index contributed by atoms with van der Waals surface area (Å²) in [5.74, 6) is 0.726. The smallest absolute Gasteiger partial charge is 0.130 e. The molecule has 0 spiro atoms. The Morgan fingerprint density at radius 2 is 2.14 bits per heavy atom. The van der Waals surface area contributed by atoms with Crippen LogP contribution in [-0.4, -0.2) is 14.9 Å². The first kappa shape index (κ1) is 20.8. The average molecular weight is 392 g/mol. The van der Waals surface area contributed by atoms with E-state index >= 15 is 0 Å². The van der Waals surface area contributed by atoms with Gasteiger partial charge in [-0.3, -0.25) is 0 Å². The van der Waals surface area contributed by atoms with E-state index in [-0.39, 0.29) is 5.92 Å². The van der Waals surface area contributed by atoms with Gasteiger partial charge in [0.15, 0.2) is 0 Å². The normalized spacial score (nSPS) is 15.5. The van der Waals surface area contributed by atoms with E-state index in [4.69, 9.17) is 4.98 Å². The number of benzene rings is 1. The van der Waals surface area contributed by atoms with E-state index in [0.717, 1.165) is 41.8 Å². The van der Waals surface area contributed by atoms with Crippen molar-refractivity contribution in [3.8, 4) is 0 Å². The lowest BCUT2D eigenvalue weighted by atomic mass is 9.99. The average Bonchev–Trinajstić information content (AvgIpc) is 3.12. The number of hydrogen-bond acceptors (Lipinski definition) is 2. The number of nitrogens with one attached hydrogen (secondary N) is 1. The molecule has 0 saturated heterocycles. The fraction of sp³-hybridized carbons (Fsp3) is 0.320. The predicted molar refractivity (Wildman–Crippen MR) is 120 cm³/mol. The number of aromatic amines is 1. The van der Waals surface area contributed by atoms with E-state index < -0.39 is 6.17 Å². The van der Waals surface area contributed by atoms with E-state index in [0.29, 0.717) is 12.1 Å². The maximum Gasteiger partial charge on any atom is 0.130 e. The Kier molecular flexibility index (Phi) is 6.86. The zero-order valence-corrected chi connectivity index (χ0v) is 17.4. The number of allylic oxidation sites excluding steroid dienone is 6. The molecule has 2 heterocycles. The minimum atomic E-state index is -1.02. The molecule has 3 rings (SSSR count). The van der Waals surface area contributed by atoms with E-state index in [1.54, 1.807) is 6.08 Å². The number of halogens is 1. The number of H-pyrrole nitrogens is 1. The van der Waals surface area contributed by atoms with Gasteiger partial charge in [-0.05, 0) is 42.9 Å². The fourth-order valence-corrected chi connectivity index (χ4v) is 3.54. The SMILES string of the molecule is C=C/C=C/CCCC1=CC=CN(Cc2nc3c(C(F)C(C)C)cccc3[nH]2)C1=C. The number of para-hydroxylation sites is 1. The van der Waals surface area contributed by atoms with Crippen molar-refractivity contribution in [2.75, 3.05) is 0 Å². The predicted octanol–water partition coefficient (Wildman–Crippen LogP) is 6.91. The lowest BCUT2D eigenvalue weighted by Gasteiger charge is -2.26. The highest BCUT2D eigenvalue weighted by molar-refractivity contribution is 5.79. The van der Waals surface area contributed by atoms with Crippen LogP contribution >= 0.6 is 0 Å². The number of fused-ring (bicyclic) bond motifs is 1. The highest BCUT2D eigenvalue weighted by Crippen LogP contribution is 2.31. The van der Waals surface area contributed by atoms with Gasteiger partial charge in [-0.25, -0.2) is 9.37 Å². The van der Waals surface area contributed by atoms with Gasteiger partial charge in [-0.1, -0.05) is 63.4 Å². The van der Waals surface area contributed by atoms with Crippen LogP contribution < -0.4 is 0 Å². The highest BCUT2D eigenvalue weighted by Gasteiger charge is 2.20. The molecule has 0 radical (unpaired) electrons. The standard InChI is InChI=1S/C25H30FN3/c1-5-6-7-8-9-12-20-13-11-16-29(19(20)4)17-23-27-22-15-10-14-21(25(22)28-23)24(26)18(2)3/h5-7,10-11,13-16,18,24H,1,4,8-9,12,17H2,2-3H3,(H,27,28)/b7-6+. The molecule has 29 heavy (non-hydrogen) atoms. The van der Waals surface area contributed by atoms with Gasteiger partial charge >= 0.3 is 0 Å². The van der Waals surface area contributed by atoms with Crippen LogP contribution in [-0.2, 0) is 6.54 Å². The number of aromatic nitrogens is 2. The van der Waals surface area contributed by atoms with Crippen LogP contribution in [0.2, 0.25) is 0 Å². The molecule has 0 bridgehead atoms. The molecule has 0 saturated carbocycles. The van der Waals surface area contributed by atoms with E-state index in [2.05, 4.69) is 35.2 Å². The molecule has 4 heteroatoms. The summed E-state index contributed by atoms with van der Waals surface area (Å²) in [6.45, 7) is 12.3. The second-order valence-corrected chi connectivity index (χ2v) is 7.74. The van der Waals surface area contributed by atoms with Gasteiger partial charge in [0.2, 0.25) is 0 Å². The Labute approximate surface area is 173 Å². The first-order chi connectivity index (χ1) is 14.0. The van der Waals surface area contributed by atoms with E-state index in [9.17, 15) is 4.39 Å². The lowest BCUT2D eigenvalue weighted by Crippen LogP contribution is -2.19. The number of rotatable bonds is 9.